The number of unbranched alkanes of at least 4 members (excludes halogenated alkanes) is 20. The lowest BCUT2D eigenvalue weighted by atomic mass is 10.1. The van der Waals surface area contributed by atoms with E-state index in [0.29, 0.717) is 0 Å². The molecule has 0 bridgehead atoms. The Morgan fingerprint density at radius 3 is 1.22 bits per heavy atom. The van der Waals surface area contributed by atoms with Crippen LogP contribution in [0.4, 0.5) is 0 Å². The van der Waals surface area contributed by atoms with Crippen molar-refractivity contribution < 1.29 is 14.4 Å². The highest BCUT2D eigenvalue weighted by molar-refractivity contribution is 5.64. The van der Waals surface area contributed by atoms with Gasteiger partial charge in [-0.25, -0.2) is 0 Å². The van der Waals surface area contributed by atoms with Crippen LogP contribution in [-0.2, 0) is 4.79 Å². The van der Waals surface area contributed by atoms with Crippen LogP contribution in [0.15, 0.2) is 12.2 Å². The fraction of sp³-hybridized carbons (Fsp3) is 0.909. The number of quaternary nitrogens is 1. The Morgan fingerprint density at radius 2 is 0.861 bits per heavy atom. The van der Waals surface area contributed by atoms with E-state index in [4.69, 9.17) is 0 Å². The molecule has 0 aromatic heterocycles. The summed E-state index contributed by atoms with van der Waals surface area (Å²) in [5, 5.41) is 10.2. The number of rotatable bonds is 26. The number of aliphatic carboxylic acids is 1. The van der Waals surface area contributed by atoms with Crippen molar-refractivity contribution in [2.45, 2.75) is 168 Å². The van der Waals surface area contributed by atoms with Gasteiger partial charge < -0.3 is 14.4 Å². The SMILES string of the molecule is CCCCCCCC/C=C\CCCCCCCC(=O)[O-].CCCCCCCCCCCC[N+](C)(C)C. The van der Waals surface area contributed by atoms with Gasteiger partial charge in [0.2, 0.25) is 0 Å². The Kier molecular flexibility index (Phi) is 31.5. The van der Waals surface area contributed by atoms with Gasteiger partial charge in [0.15, 0.2) is 0 Å². The van der Waals surface area contributed by atoms with Crippen LogP contribution in [0.1, 0.15) is 168 Å². The van der Waals surface area contributed by atoms with Crippen LogP contribution in [0.3, 0.4) is 0 Å². The van der Waals surface area contributed by atoms with Gasteiger partial charge in [0.1, 0.15) is 0 Å². The lowest BCUT2D eigenvalue weighted by Crippen LogP contribution is -2.35. The van der Waals surface area contributed by atoms with E-state index in [1.54, 1.807) is 0 Å². The molecule has 0 amide bonds. The third-order valence-corrected chi connectivity index (χ3v) is 6.83. The summed E-state index contributed by atoms with van der Waals surface area (Å²) in [6.45, 7) is 5.87. The molecule has 0 radical (unpaired) electrons. The first kappa shape index (κ1) is 37.3. The summed E-state index contributed by atoms with van der Waals surface area (Å²) in [4.78, 5) is 10.2. The highest BCUT2D eigenvalue weighted by atomic mass is 16.4. The lowest BCUT2D eigenvalue weighted by molar-refractivity contribution is -0.870. The molecule has 0 unspecified atom stereocenters. The second-order valence-electron chi connectivity index (χ2n) is 11.9. The number of hydrogen-bond acceptors (Lipinski definition) is 2. The molecule has 216 valence electrons. The third kappa shape index (κ3) is 40.3. The molecule has 36 heavy (non-hydrogen) atoms. The summed E-state index contributed by atoms with van der Waals surface area (Å²) in [6, 6.07) is 0. The van der Waals surface area contributed by atoms with Crippen LogP contribution in [0.25, 0.3) is 0 Å². The average molecular weight is 510 g/mol. The molecule has 0 saturated heterocycles. The van der Waals surface area contributed by atoms with E-state index in [9.17, 15) is 9.90 Å². The summed E-state index contributed by atoms with van der Waals surface area (Å²) in [7, 11) is 6.86. The minimum absolute atomic E-state index is 0.220. The van der Waals surface area contributed by atoms with Crippen molar-refractivity contribution in [1.82, 2.24) is 0 Å². The van der Waals surface area contributed by atoms with Gasteiger partial charge >= 0.3 is 0 Å². The molecule has 0 rings (SSSR count). The molecule has 3 heteroatoms. The number of carboxylic acids is 1. The topological polar surface area (TPSA) is 40.1 Å². The van der Waals surface area contributed by atoms with Crippen molar-refractivity contribution >= 4 is 5.97 Å². The number of carboxylic acid groups (broad SMARTS) is 1. The Morgan fingerprint density at radius 1 is 0.528 bits per heavy atom. The molecule has 0 atom stereocenters. The van der Waals surface area contributed by atoms with Crippen molar-refractivity contribution in [2.24, 2.45) is 0 Å². The first-order valence-corrected chi connectivity index (χ1v) is 16.0. The van der Waals surface area contributed by atoms with E-state index in [-0.39, 0.29) is 6.42 Å². The number of nitrogens with zero attached hydrogens (tertiary/aromatic N) is 1. The minimum atomic E-state index is -0.914. The van der Waals surface area contributed by atoms with Gasteiger partial charge in [-0.1, -0.05) is 129 Å². The lowest BCUT2D eigenvalue weighted by Gasteiger charge is -2.23. The van der Waals surface area contributed by atoms with E-state index in [2.05, 4.69) is 47.1 Å². The van der Waals surface area contributed by atoms with Gasteiger partial charge in [-0.2, -0.15) is 0 Å². The second-order valence-corrected chi connectivity index (χ2v) is 11.9. The number of allylic oxidation sites excluding steroid dienone is 2. The van der Waals surface area contributed by atoms with Crippen LogP contribution < -0.4 is 5.11 Å². The van der Waals surface area contributed by atoms with Crippen LogP contribution in [0.2, 0.25) is 0 Å². The van der Waals surface area contributed by atoms with Crippen molar-refractivity contribution in [2.75, 3.05) is 27.7 Å². The average Bonchev–Trinajstić information content (AvgIpc) is 2.82. The van der Waals surface area contributed by atoms with E-state index in [1.807, 2.05) is 0 Å². The number of carbonyl (C=O) groups excluding carboxylic acids is 1. The maximum atomic E-state index is 10.2. The molecule has 0 aliphatic carbocycles. The van der Waals surface area contributed by atoms with Crippen molar-refractivity contribution in [3.05, 3.63) is 12.2 Å². The zero-order valence-electron chi connectivity index (χ0n) is 25.6. The highest BCUT2D eigenvalue weighted by Gasteiger charge is 2.04. The summed E-state index contributed by atoms with van der Waals surface area (Å²) in [5.74, 6) is -0.914. The molecule has 0 spiro atoms. The molecule has 0 saturated carbocycles. The maximum Gasteiger partial charge on any atom is 0.0780 e. The summed E-state index contributed by atoms with van der Waals surface area (Å²) >= 11 is 0. The van der Waals surface area contributed by atoms with E-state index >= 15 is 0 Å². The predicted molar refractivity (Wildman–Crippen MR) is 159 cm³/mol. The molecule has 0 aliphatic rings. The number of hydrogen-bond donors (Lipinski definition) is 0. The molecule has 3 nitrogen and oxygen atoms in total. The van der Waals surface area contributed by atoms with Gasteiger partial charge in [-0.15, -0.1) is 0 Å². The van der Waals surface area contributed by atoms with Crippen molar-refractivity contribution in [3.8, 4) is 0 Å². The molecule has 0 aromatic rings. The van der Waals surface area contributed by atoms with Gasteiger partial charge in [-0.3, -0.25) is 0 Å². The quantitative estimate of drug-likeness (QED) is 0.0661. The molecule has 0 aliphatic heterocycles. The fourth-order valence-corrected chi connectivity index (χ4v) is 4.41. The highest BCUT2D eigenvalue weighted by Crippen LogP contribution is 2.11. The van der Waals surface area contributed by atoms with Gasteiger partial charge in [-0.05, 0) is 51.4 Å². The zero-order valence-corrected chi connectivity index (χ0v) is 25.6. The predicted octanol–water partition coefficient (Wildman–Crippen LogP) is 9.39. The molecule has 0 heterocycles. The molecular weight excluding hydrogens is 442 g/mol. The maximum absolute atomic E-state index is 10.2. The molecular formula is C33H67NO2. The Hall–Kier alpha value is -0.830. The fourth-order valence-electron chi connectivity index (χ4n) is 4.41. The minimum Gasteiger partial charge on any atom is -0.550 e. The second kappa shape index (κ2) is 30.4. The summed E-state index contributed by atoms with van der Waals surface area (Å²) in [5.41, 5.74) is 0. The van der Waals surface area contributed by atoms with Crippen LogP contribution in [0.5, 0.6) is 0 Å². The molecule has 0 N–H and O–H groups in total. The van der Waals surface area contributed by atoms with Crippen LogP contribution in [0, 0.1) is 0 Å². The van der Waals surface area contributed by atoms with E-state index in [0.717, 1.165) is 23.7 Å². The van der Waals surface area contributed by atoms with Crippen LogP contribution >= 0.6 is 0 Å². The Balaban J connectivity index is 0. The number of carbonyl (C=O) groups is 1. The monoisotopic (exact) mass is 510 g/mol. The first-order valence-electron chi connectivity index (χ1n) is 16.0. The van der Waals surface area contributed by atoms with Gasteiger partial charge in [0, 0.05) is 5.97 Å². The van der Waals surface area contributed by atoms with Crippen molar-refractivity contribution in [1.29, 1.82) is 0 Å². The van der Waals surface area contributed by atoms with Crippen molar-refractivity contribution in [3.63, 3.8) is 0 Å². The van der Waals surface area contributed by atoms with E-state index in [1.165, 1.54) is 135 Å². The van der Waals surface area contributed by atoms with E-state index < -0.39 is 5.97 Å². The molecule has 0 aromatic carbocycles. The first-order chi connectivity index (χ1) is 17.3. The summed E-state index contributed by atoms with van der Waals surface area (Å²) < 4.78 is 1.12. The zero-order chi connectivity index (χ0) is 27.2. The Bertz CT molecular complexity index is 453. The Labute approximate surface area is 228 Å². The summed E-state index contributed by atoms with van der Waals surface area (Å²) in [6.07, 6.45) is 35.3. The van der Waals surface area contributed by atoms with Gasteiger partial charge in [0.05, 0.1) is 27.7 Å². The third-order valence-electron chi connectivity index (χ3n) is 6.83. The smallest absolute Gasteiger partial charge is 0.0780 e. The standard InChI is InChI=1S/C18H34O2.C15H34N/c1-2-3-4-5-6-7-8-9-10-11-12-13-14-15-16-17-18(19)20;1-5-6-7-8-9-10-11-12-13-14-15-16(2,3)4/h9-10H,2-8,11-17H2,1H3,(H,19,20);5-15H2,1-4H3/q;+1/p-1/b10-9-;. The van der Waals surface area contributed by atoms with Gasteiger partial charge in [0.25, 0.3) is 0 Å². The van der Waals surface area contributed by atoms with Crippen LogP contribution in [-0.4, -0.2) is 38.1 Å². The largest absolute Gasteiger partial charge is 0.550 e. The molecule has 0 fully saturated rings. The normalized spacial score (nSPS) is 11.6.